The molecule has 1 aromatic heterocycles. The fourth-order valence-electron chi connectivity index (χ4n) is 2.57. The number of amides is 1. The number of guanidine groups is 1. The number of nitrogens with zero attached hydrogens (tertiary/aromatic N) is 3. The molecule has 1 rings (SSSR count). The molecule has 1 aromatic rings. The summed E-state index contributed by atoms with van der Waals surface area (Å²) in [4.78, 5) is 20.7. The highest BCUT2D eigenvalue weighted by Gasteiger charge is 2.18. The van der Waals surface area contributed by atoms with Crippen molar-refractivity contribution in [3.63, 3.8) is 0 Å². The van der Waals surface area contributed by atoms with Crippen LogP contribution < -0.4 is 16.0 Å². The van der Waals surface area contributed by atoms with Crippen LogP contribution in [-0.2, 0) is 11.3 Å². The van der Waals surface area contributed by atoms with E-state index in [9.17, 15) is 4.79 Å². The van der Waals surface area contributed by atoms with Gasteiger partial charge in [-0.1, -0.05) is 19.8 Å². The van der Waals surface area contributed by atoms with E-state index in [1.807, 2.05) is 44.8 Å². The molecule has 8 nitrogen and oxygen atoms in total. The maximum absolute atomic E-state index is 12.0. The minimum Gasteiger partial charge on any atom is -0.444 e. The molecule has 29 heavy (non-hydrogen) atoms. The first-order chi connectivity index (χ1) is 13.3. The van der Waals surface area contributed by atoms with E-state index in [2.05, 4.69) is 32.9 Å². The van der Waals surface area contributed by atoms with E-state index in [0.717, 1.165) is 44.7 Å². The Hall–Kier alpha value is -1.52. The summed E-state index contributed by atoms with van der Waals surface area (Å²) in [6, 6.07) is 0.0962. The van der Waals surface area contributed by atoms with Crippen molar-refractivity contribution in [1.29, 1.82) is 0 Å². The molecule has 0 radical (unpaired) electrons. The first kappa shape index (κ1) is 27.5. The summed E-state index contributed by atoms with van der Waals surface area (Å²) in [6.45, 7) is 12.7. The second-order valence-corrected chi connectivity index (χ2v) is 7.78. The summed E-state index contributed by atoms with van der Waals surface area (Å²) in [5.74, 6) is 0.778. The lowest BCUT2D eigenvalue weighted by Crippen LogP contribution is -2.49. The summed E-state index contributed by atoms with van der Waals surface area (Å²) in [6.07, 6.45) is 9.22. The van der Waals surface area contributed by atoms with E-state index in [1.54, 1.807) is 6.20 Å². The fraction of sp³-hybridized carbons (Fsp3) is 0.750. The van der Waals surface area contributed by atoms with E-state index >= 15 is 0 Å². The Morgan fingerprint density at radius 2 is 2.00 bits per heavy atom. The van der Waals surface area contributed by atoms with Crippen LogP contribution in [0.2, 0.25) is 0 Å². The van der Waals surface area contributed by atoms with Crippen LogP contribution in [0.15, 0.2) is 23.7 Å². The topological polar surface area (TPSA) is 92.6 Å². The van der Waals surface area contributed by atoms with E-state index < -0.39 is 11.7 Å². The number of aryl methyl sites for hydroxylation is 1. The monoisotopic (exact) mass is 522 g/mol. The number of carbonyl (C=O) groups is 1. The van der Waals surface area contributed by atoms with Gasteiger partial charge in [0.15, 0.2) is 5.96 Å². The van der Waals surface area contributed by atoms with Crippen LogP contribution in [0.5, 0.6) is 0 Å². The second kappa shape index (κ2) is 15.3. The molecule has 1 unspecified atom stereocenters. The van der Waals surface area contributed by atoms with Gasteiger partial charge in [-0.3, -0.25) is 4.99 Å². The van der Waals surface area contributed by atoms with E-state index in [-0.39, 0.29) is 30.0 Å². The van der Waals surface area contributed by atoms with E-state index in [1.165, 1.54) is 0 Å². The number of aliphatic imine (C=N–C) groups is 1. The van der Waals surface area contributed by atoms with Crippen LogP contribution in [-0.4, -0.2) is 52.9 Å². The highest BCUT2D eigenvalue weighted by atomic mass is 127. The molecule has 0 aromatic carbocycles. The van der Waals surface area contributed by atoms with Gasteiger partial charge < -0.3 is 25.3 Å². The second-order valence-electron chi connectivity index (χ2n) is 7.78. The zero-order chi connectivity index (χ0) is 20.8. The van der Waals surface area contributed by atoms with E-state index in [0.29, 0.717) is 13.1 Å². The lowest BCUT2D eigenvalue weighted by Gasteiger charge is -2.24. The average Bonchev–Trinajstić information content (AvgIpc) is 3.13. The Morgan fingerprint density at radius 3 is 2.59 bits per heavy atom. The van der Waals surface area contributed by atoms with Crippen molar-refractivity contribution in [2.24, 2.45) is 4.99 Å². The number of carbonyl (C=O) groups excluding carboxylic acids is 1. The Labute approximate surface area is 192 Å². The molecular formula is C20H39IN6O2. The van der Waals surface area contributed by atoms with Gasteiger partial charge in [0.25, 0.3) is 0 Å². The Balaban J connectivity index is 0.00000784. The Kier molecular flexibility index (Phi) is 14.5. The molecule has 1 heterocycles. The van der Waals surface area contributed by atoms with Crippen LogP contribution in [0.25, 0.3) is 0 Å². The minimum absolute atomic E-state index is 0. The van der Waals surface area contributed by atoms with Crippen molar-refractivity contribution in [2.75, 3.05) is 19.6 Å². The quantitative estimate of drug-likeness (QED) is 0.179. The predicted octanol–water partition coefficient (Wildman–Crippen LogP) is 3.53. The Morgan fingerprint density at radius 1 is 1.24 bits per heavy atom. The summed E-state index contributed by atoms with van der Waals surface area (Å²) in [7, 11) is 0. The van der Waals surface area contributed by atoms with Gasteiger partial charge in [0.1, 0.15) is 5.60 Å². The summed E-state index contributed by atoms with van der Waals surface area (Å²) in [5, 5.41) is 9.60. The molecule has 0 aliphatic carbocycles. The van der Waals surface area contributed by atoms with E-state index in [4.69, 9.17) is 4.74 Å². The molecule has 168 valence electrons. The SMILES string of the molecule is CCCCC(CNC(=O)OC(C)(C)C)NC(=NCCCn1ccnc1)NCC.I. The first-order valence-electron chi connectivity index (χ1n) is 10.3. The fourth-order valence-corrected chi connectivity index (χ4v) is 2.57. The number of alkyl carbamates (subject to hydrolysis) is 1. The van der Waals surface area contributed by atoms with Gasteiger partial charge in [0.05, 0.1) is 6.33 Å². The normalized spacial score (nSPS) is 12.7. The molecule has 0 aliphatic rings. The third-order valence-electron chi connectivity index (χ3n) is 3.89. The molecule has 0 saturated heterocycles. The number of nitrogens with one attached hydrogen (secondary N) is 3. The van der Waals surface area contributed by atoms with Crippen LogP contribution in [0.3, 0.4) is 0 Å². The molecule has 0 fully saturated rings. The molecule has 1 amide bonds. The molecular weight excluding hydrogens is 483 g/mol. The lowest BCUT2D eigenvalue weighted by atomic mass is 10.1. The maximum atomic E-state index is 12.0. The average molecular weight is 522 g/mol. The molecule has 0 aliphatic heterocycles. The van der Waals surface area contributed by atoms with Crippen molar-refractivity contribution in [1.82, 2.24) is 25.5 Å². The first-order valence-corrected chi connectivity index (χ1v) is 10.3. The molecule has 1 atom stereocenters. The van der Waals surface area contributed by atoms with Gasteiger partial charge in [-0.15, -0.1) is 24.0 Å². The summed E-state index contributed by atoms with van der Waals surface area (Å²) in [5.41, 5.74) is -0.498. The standard InChI is InChI=1S/C20H38N6O2.HI/c1-6-8-10-17(15-24-19(27)28-20(3,4)5)25-18(22-7-2)23-11-9-13-26-14-12-21-16-26;/h12,14,16-17H,6-11,13,15H2,1-5H3,(H,24,27)(H2,22,23,25);1H. The van der Waals surface area contributed by atoms with Gasteiger partial charge in [-0.2, -0.15) is 0 Å². The van der Waals surface area contributed by atoms with Crippen LogP contribution in [0.4, 0.5) is 4.79 Å². The van der Waals surface area contributed by atoms with Crippen molar-refractivity contribution < 1.29 is 9.53 Å². The van der Waals surface area contributed by atoms with Gasteiger partial charge in [-0.05, 0) is 40.5 Å². The number of unbranched alkanes of at least 4 members (excludes halogenated alkanes) is 1. The van der Waals surface area contributed by atoms with Crippen LogP contribution in [0.1, 0.15) is 60.3 Å². The molecule has 0 spiro atoms. The largest absolute Gasteiger partial charge is 0.444 e. The highest BCUT2D eigenvalue weighted by Crippen LogP contribution is 2.07. The van der Waals surface area contributed by atoms with Crippen molar-refractivity contribution in [2.45, 2.75) is 78.5 Å². The predicted molar refractivity (Wildman–Crippen MR) is 129 cm³/mol. The summed E-state index contributed by atoms with van der Waals surface area (Å²) >= 11 is 0. The maximum Gasteiger partial charge on any atom is 0.407 e. The number of aromatic nitrogens is 2. The number of hydrogen-bond acceptors (Lipinski definition) is 4. The number of ether oxygens (including phenoxy) is 1. The zero-order valence-corrected chi connectivity index (χ0v) is 20.9. The molecule has 3 N–H and O–H groups in total. The molecule has 0 bridgehead atoms. The minimum atomic E-state index is -0.498. The smallest absolute Gasteiger partial charge is 0.407 e. The van der Waals surface area contributed by atoms with Crippen molar-refractivity contribution >= 4 is 36.0 Å². The third-order valence-corrected chi connectivity index (χ3v) is 3.89. The lowest BCUT2D eigenvalue weighted by molar-refractivity contribution is 0.0522. The molecule has 0 saturated carbocycles. The van der Waals surface area contributed by atoms with Gasteiger partial charge >= 0.3 is 6.09 Å². The van der Waals surface area contributed by atoms with Gasteiger partial charge in [-0.25, -0.2) is 9.78 Å². The third kappa shape index (κ3) is 14.2. The van der Waals surface area contributed by atoms with Crippen LogP contribution in [0, 0.1) is 0 Å². The number of imidazole rings is 1. The zero-order valence-electron chi connectivity index (χ0n) is 18.5. The Bertz CT molecular complexity index is 572. The van der Waals surface area contributed by atoms with Crippen molar-refractivity contribution in [3.05, 3.63) is 18.7 Å². The van der Waals surface area contributed by atoms with Crippen molar-refractivity contribution in [3.8, 4) is 0 Å². The summed E-state index contributed by atoms with van der Waals surface area (Å²) < 4.78 is 7.38. The van der Waals surface area contributed by atoms with Gasteiger partial charge in [0, 0.05) is 44.6 Å². The molecule has 9 heteroatoms. The number of halogens is 1. The van der Waals surface area contributed by atoms with Gasteiger partial charge in [0.2, 0.25) is 0 Å². The highest BCUT2D eigenvalue weighted by molar-refractivity contribution is 14.0. The number of rotatable bonds is 11. The number of hydrogen-bond donors (Lipinski definition) is 3. The van der Waals surface area contributed by atoms with Crippen LogP contribution >= 0.6 is 24.0 Å².